The van der Waals surface area contributed by atoms with Crippen LogP contribution in [0.5, 0.6) is 11.6 Å². The highest BCUT2D eigenvalue weighted by Gasteiger charge is 2.45. The van der Waals surface area contributed by atoms with Crippen molar-refractivity contribution in [1.82, 2.24) is 4.98 Å². The third-order valence-electron chi connectivity index (χ3n) is 8.17. The number of aliphatic hydroxyl groups is 1. The van der Waals surface area contributed by atoms with Gasteiger partial charge in [0.2, 0.25) is 5.88 Å². The fourth-order valence-electron chi connectivity index (χ4n) is 6.06. The summed E-state index contributed by atoms with van der Waals surface area (Å²) in [5, 5.41) is 16.1. The highest BCUT2D eigenvalue weighted by Crippen LogP contribution is 2.56. The third kappa shape index (κ3) is 5.76. The molecule has 0 amide bonds. The van der Waals surface area contributed by atoms with Crippen LogP contribution in [0.3, 0.4) is 0 Å². The smallest absolute Gasteiger partial charge is 0.290 e. The maximum absolute atomic E-state index is 15.0. The van der Waals surface area contributed by atoms with E-state index in [1.54, 1.807) is 6.07 Å². The molecule has 0 spiro atoms. The number of ether oxygens (including phenoxy) is 2. The first-order valence-corrected chi connectivity index (χ1v) is 13.3. The Morgan fingerprint density at radius 3 is 2.41 bits per heavy atom. The summed E-state index contributed by atoms with van der Waals surface area (Å²) in [7, 11) is 0. The molecule has 2 saturated carbocycles. The van der Waals surface area contributed by atoms with Crippen LogP contribution in [0.4, 0.5) is 8.78 Å². The first-order valence-electron chi connectivity index (χ1n) is 13.3. The van der Waals surface area contributed by atoms with Crippen molar-refractivity contribution in [2.24, 2.45) is 17.8 Å². The van der Waals surface area contributed by atoms with E-state index in [2.05, 4.69) is 4.98 Å². The van der Waals surface area contributed by atoms with Crippen LogP contribution in [-0.2, 0) is 17.8 Å². The summed E-state index contributed by atoms with van der Waals surface area (Å²) >= 11 is 0. The van der Waals surface area contributed by atoms with Gasteiger partial charge >= 0.3 is 0 Å². The summed E-state index contributed by atoms with van der Waals surface area (Å²) in [6.07, 6.45) is 6.19. The van der Waals surface area contributed by atoms with Gasteiger partial charge in [-0.3, -0.25) is 4.79 Å². The van der Waals surface area contributed by atoms with Gasteiger partial charge in [0, 0.05) is 36.1 Å². The van der Waals surface area contributed by atoms with Crippen molar-refractivity contribution in [2.45, 2.75) is 52.1 Å². The minimum Gasteiger partial charge on any atom is -0.493 e. The van der Waals surface area contributed by atoms with E-state index in [0.717, 1.165) is 53.7 Å². The Labute approximate surface area is 226 Å². The average Bonchev–Trinajstić information content (AvgIpc) is 3.54. The molecule has 2 unspecified atom stereocenters. The van der Waals surface area contributed by atoms with Gasteiger partial charge in [-0.1, -0.05) is 0 Å². The third-order valence-corrected chi connectivity index (χ3v) is 8.17. The highest BCUT2D eigenvalue weighted by atomic mass is 19.1. The van der Waals surface area contributed by atoms with Crippen molar-refractivity contribution < 1.29 is 33.3 Å². The van der Waals surface area contributed by atoms with Gasteiger partial charge in [-0.2, -0.15) is 0 Å². The number of carboxylic acid groups (broad SMARTS) is 1. The Bertz CT molecular complexity index is 1350. The van der Waals surface area contributed by atoms with Crippen LogP contribution in [0.2, 0.25) is 0 Å². The Hall–Kier alpha value is -3.52. The molecule has 206 valence electrons. The number of hydrogen-bond acceptors (Lipinski definition) is 5. The molecular formula is C31H33F2NO5. The van der Waals surface area contributed by atoms with E-state index in [1.165, 1.54) is 17.5 Å². The molecule has 0 aliphatic heterocycles. The lowest BCUT2D eigenvalue weighted by Gasteiger charge is -2.33. The van der Waals surface area contributed by atoms with Gasteiger partial charge < -0.3 is 19.7 Å². The van der Waals surface area contributed by atoms with Crippen LogP contribution in [0.1, 0.15) is 53.0 Å². The lowest BCUT2D eigenvalue weighted by molar-refractivity contribution is -0.122. The van der Waals surface area contributed by atoms with Gasteiger partial charge in [-0.15, -0.1) is 0 Å². The van der Waals surface area contributed by atoms with Gasteiger partial charge in [-0.25, -0.2) is 13.8 Å². The zero-order valence-electron chi connectivity index (χ0n) is 22.1. The minimum atomic E-state index is -0.629. The molecule has 2 aromatic carbocycles. The highest BCUT2D eigenvalue weighted by molar-refractivity contribution is 5.73. The average molecular weight is 538 g/mol. The van der Waals surface area contributed by atoms with Crippen LogP contribution in [-0.4, -0.2) is 34.9 Å². The van der Waals surface area contributed by atoms with Gasteiger partial charge in [0.1, 0.15) is 24.0 Å². The van der Waals surface area contributed by atoms with Gasteiger partial charge in [0.05, 0.1) is 6.61 Å². The Kier molecular flexibility index (Phi) is 7.84. The number of fused-ring (bicyclic) bond motifs is 3. The summed E-state index contributed by atoms with van der Waals surface area (Å²) < 4.78 is 41.5. The minimum absolute atomic E-state index is 0.0206. The number of pyridine rings is 1. The van der Waals surface area contributed by atoms with Crippen molar-refractivity contribution in [3.8, 4) is 22.8 Å². The zero-order chi connectivity index (χ0) is 27.7. The summed E-state index contributed by atoms with van der Waals surface area (Å²) in [4.78, 5) is 12.8. The van der Waals surface area contributed by atoms with E-state index in [-0.39, 0.29) is 19.7 Å². The zero-order valence-corrected chi connectivity index (χ0v) is 22.1. The second kappa shape index (κ2) is 11.3. The lowest BCUT2D eigenvalue weighted by atomic mass is 9.76. The van der Waals surface area contributed by atoms with E-state index < -0.39 is 11.6 Å². The fraction of sp³-hybridized carbons (Fsp3) is 0.419. The van der Waals surface area contributed by atoms with Crippen molar-refractivity contribution in [3.05, 3.63) is 76.0 Å². The Morgan fingerprint density at radius 1 is 1.00 bits per heavy atom. The number of aryl methyl sites for hydroxylation is 2. The summed E-state index contributed by atoms with van der Waals surface area (Å²) in [5.74, 6) is 2.27. The first-order chi connectivity index (χ1) is 18.8. The molecule has 0 radical (unpaired) electrons. The molecule has 6 rings (SSSR count). The van der Waals surface area contributed by atoms with E-state index >= 15 is 0 Å². The Morgan fingerprint density at radius 2 is 1.72 bits per heavy atom. The largest absolute Gasteiger partial charge is 0.493 e. The standard InChI is InChI=1S/C30H31F2NO3.CH2O2/c1-16-3-23(35-14-19-5-18(6-19)13-34)4-17(2)30(16)25-9-22(27(31)11-28(25)32)15-36-29-10-21-7-20-8-24(20)26(21)12-33-29;2-1-3/h3-4,9-12,18-20,24,34H,5-8,13-15H2,1-2H3;1H,(H,2,3). The quantitative estimate of drug-likeness (QED) is 0.344. The SMILES string of the molecule is Cc1cc(OCC2CC(CO)C2)cc(C)c1-c1cc(COc2cc3c(cn2)C2CC2C3)c(F)cc1F.O=CO. The van der Waals surface area contributed by atoms with Crippen LogP contribution in [0.25, 0.3) is 11.1 Å². The van der Waals surface area contributed by atoms with Gasteiger partial charge in [0.25, 0.3) is 6.47 Å². The van der Waals surface area contributed by atoms with Crippen LogP contribution >= 0.6 is 0 Å². The van der Waals surface area contributed by atoms with Crippen LogP contribution in [0.15, 0.2) is 36.5 Å². The summed E-state index contributed by atoms with van der Waals surface area (Å²) in [6, 6.07) is 8.26. The normalized spacial score (nSPS) is 22.1. The number of hydrogen-bond donors (Lipinski definition) is 2. The molecule has 6 nitrogen and oxygen atoms in total. The van der Waals surface area contributed by atoms with Crippen LogP contribution < -0.4 is 9.47 Å². The van der Waals surface area contributed by atoms with E-state index in [4.69, 9.17) is 19.4 Å². The molecule has 3 aliphatic rings. The molecule has 2 fully saturated rings. The van der Waals surface area contributed by atoms with Crippen molar-refractivity contribution in [1.29, 1.82) is 0 Å². The molecule has 39 heavy (non-hydrogen) atoms. The molecule has 3 aromatic rings. The summed E-state index contributed by atoms with van der Waals surface area (Å²) in [6.45, 7) is 4.41. The number of halogens is 2. The number of aromatic nitrogens is 1. The lowest BCUT2D eigenvalue weighted by Crippen LogP contribution is -2.30. The van der Waals surface area contributed by atoms with Crippen molar-refractivity contribution >= 4 is 6.47 Å². The molecule has 3 aliphatic carbocycles. The number of nitrogens with zero attached hydrogens (tertiary/aromatic N) is 1. The molecule has 8 heteroatoms. The fourth-order valence-corrected chi connectivity index (χ4v) is 6.06. The molecule has 1 heterocycles. The van der Waals surface area contributed by atoms with Gasteiger partial charge in [-0.05, 0) is 109 Å². The van der Waals surface area contributed by atoms with E-state index in [9.17, 15) is 13.9 Å². The predicted octanol–water partition coefficient (Wildman–Crippen LogP) is 5.98. The second-order valence-corrected chi connectivity index (χ2v) is 11.0. The van der Waals surface area contributed by atoms with Crippen molar-refractivity contribution in [2.75, 3.05) is 13.2 Å². The first kappa shape index (κ1) is 27.1. The number of aliphatic hydroxyl groups excluding tert-OH is 1. The Balaban J connectivity index is 0.000000983. The molecular weight excluding hydrogens is 504 g/mol. The molecule has 2 N–H and O–H groups in total. The maximum Gasteiger partial charge on any atom is 0.290 e. The monoisotopic (exact) mass is 537 g/mol. The molecule has 2 atom stereocenters. The summed E-state index contributed by atoms with van der Waals surface area (Å²) in [5.41, 5.74) is 5.71. The second-order valence-electron chi connectivity index (χ2n) is 11.0. The molecule has 0 bridgehead atoms. The van der Waals surface area contributed by atoms with E-state index in [0.29, 0.717) is 41.4 Å². The number of rotatable bonds is 8. The van der Waals surface area contributed by atoms with Gasteiger partial charge in [0.15, 0.2) is 0 Å². The predicted molar refractivity (Wildman–Crippen MR) is 142 cm³/mol. The van der Waals surface area contributed by atoms with E-state index in [1.807, 2.05) is 38.2 Å². The maximum atomic E-state index is 15.0. The van der Waals surface area contributed by atoms with Crippen LogP contribution in [0, 0.1) is 43.2 Å². The molecule has 0 saturated heterocycles. The topological polar surface area (TPSA) is 88.9 Å². The number of carbonyl (C=O) groups is 1. The molecule has 1 aromatic heterocycles. The number of benzene rings is 2. The van der Waals surface area contributed by atoms with Crippen molar-refractivity contribution in [3.63, 3.8) is 0 Å².